The third kappa shape index (κ3) is 4.22. The predicted molar refractivity (Wildman–Crippen MR) is 105 cm³/mol. The van der Waals surface area contributed by atoms with E-state index in [-0.39, 0.29) is 28.8 Å². The van der Waals surface area contributed by atoms with Gasteiger partial charge in [0.2, 0.25) is 0 Å². The molecule has 0 aliphatic rings. The van der Waals surface area contributed by atoms with Gasteiger partial charge in [0.1, 0.15) is 17.1 Å². The molecule has 1 amide bonds. The fraction of sp³-hybridized carbons (Fsp3) is 0.263. The average molecular weight is 434 g/mol. The van der Waals surface area contributed by atoms with Gasteiger partial charge in [-0.3, -0.25) is 4.68 Å². The van der Waals surface area contributed by atoms with E-state index in [1.54, 1.807) is 20.9 Å². The number of alkyl halides is 3. The molecule has 0 aliphatic carbocycles. The van der Waals surface area contributed by atoms with Gasteiger partial charge in [-0.1, -0.05) is 0 Å². The van der Waals surface area contributed by atoms with E-state index in [0.29, 0.717) is 22.2 Å². The highest BCUT2D eigenvalue weighted by Crippen LogP contribution is 2.33. The van der Waals surface area contributed by atoms with Gasteiger partial charge in [-0.2, -0.15) is 5.10 Å². The summed E-state index contributed by atoms with van der Waals surface area (Å²) in [6.07, 6.45) is -2.60. The number of ether oxygens (including phenoxy) is 2. The second kappa shape index (κ2) is 7.45. The smallest absolute Gasteiger partial charge is 0.406 e. The summed E-state index contributed by atoms with van der Waals surface area (Å²) in [6.45, 7) is 3.58. The van der Waals surface area contributed by atoms with Crippen LogP contribution < -0.4 is 14.8 Å². The highest BCUT2D eigenvalue weighted by Gasteiger charge is 2.31. The maximum Gasteiger partial charge on any atom is 0.573 e. The van der Waals surface area contributed by atoms with Crippen LogP contribution in [0.1, 0.15) is 13.8 Å². The lowest BCUT2D eigenvalue weighted by Gasteiger charge is -2.09. The van der Waals surface area contributed by atoms with Crippen molar-refractivity contribution in [3.05, 3.63) is 30.6 Å². The van der Waals surface area contributed by atoms with Gasteiger partial charge in [0.05, 0.1) is 11.7 Å². The van der Waals surface area contributed by atoms with Gasteiger partial charge in [0.15, 0.2) is 16.9 Å². The van der Waals surface area contributed by atoms with Crippen LogP contribution in [0, 0.1) is 0 Å². The van der Waals surface area contributed by atoms with E-state index in [9.17, 15) is 18.0 Å². The molecule has 12 heteroatoms. The molecule has 31 heavy (non-hydrogen) atoms. The van der Waals surface area contributed by atoms with Crippen LogP contribution in [0.25, 0.3) is 33.5 Å². The van der Waals surface area contributed by atoms with Crippen molar-refractivity contribution in [3.63, 3.8) is 0 Å². The van der Waals surface area contributed by atoms with E-state index in [1.165, 1.54) is 35.3 Å². The predicted octanol–water partition coefficient (Wildman–Crippen LogP) is 3.91. The fourth-order valence-corrected chi connectivity index (χ4v) is 3.06. The SMILES string of the molecule is CC(C)NC(=O)Oc1c[nH]c2ncc(-c3nn(C)c4ccc(OC(F)(F)F)cc34)nc12. The molecule has 0 fully saturated rings. The van der Waals surface area contributed by atoms with Gasteiger partial charge in [-0.15, -0.1) is 13.2 Å². The van der Waals surface area contributed by atoms with Crippen molar-refractivity contribution in [1.29, 1.82) is 0 Å². The molecule has 0 radical (unpaired) electrons. The molecular weight excluding hydrogens is 417 g/mol. The van der Waals surface area contributed by atoms with Crippen LogP contribution in [0.2, 0.25) is 0 Å². The molecule has 0 aliphatic heterocycles. The molecule has 4 aromatic rings. The Balaban J connectivity index is 1.76. The molecule has 3 heterocycles. The van der Waals surface area contributed by atoms with Crippen LogP contribution in [-0.4, -0.2) is 43.2 Å². The van der Waals surface area contributed by atoms with Crippen molar-refractivity contribution in [2.24, 2.45) is 7.05 Å². The monoisotopic (exact) mass is 434 g/mol. The summed E-state index contributed by atoms with van der Waals surface area (Å²) >= 11 is 0. The molecular formula is C19H17F3N6O3. The standard InChI is InChI=1S/C19H17F3N6O3/c1-9(2)25-18(29)30-14-8-24-17-16(14)26-12(7-23-17)15-11-6-10(31-19(20,21)22)4-5-13(11)28(3)27-15/h4-9H,1-3H3,(H,23,24)(H,25,29). The van der Waals surface area contributed by atoms with Gasteiger partial charge in [-0.05, 0) is 32.0 Å². The number of carbonyl (C=O) groups excluding carboxylic acids is 1. The topological polar surface area (TPSA) is 107 Å². The first-order valence-corrected chi connectivity index (χ1v) is 9.16. The first-order valence-electron chi connectivity index (χ1n) is 9.16. The van der Waals surface area contributed by atoms with Crippen molar-refractivity contribution in [3.8, 4) is 22.9 Å². The quantitative estimate of drug-likeness (QED) is 0.504. The normalized spacial score (nSPS) is 12.0. The Bertz CT molecular complexity index is 1280. The Kier molecular flexibility index (Phi) is 4.91. The van der Waals surface area contributed by atoms with Crippen LogP contribution in [0.4, 0.5) is 18.0 Å². The summed E-state index contributed by atoms with van der Waals surface area (Å²) in [4.78, 5) is 23.5. The van der Waals surface area contributed by atoms with Crippen molar-refractivity contribution >= 4 is 28.2 Å². The molecule has 0 spiro atoms. The Morgan fingerprint density at radius 3 is 2.77 bits per heavy atom. The van der Waals surface area contributed by atoms with Crippen LogP contribution in [-0.2, 0) is 7.05 Å². The number of nitrogens with zero attached hydrogens (tertiary/aromatic N) is 4. The Morgan fingerprint density at radius 2 is 2.06 bits per heavy atom. The van der Waals surface area contributed by atoms with Crippen molar-refractivity contribution < 1.29 is 27.4 Å². The van der Waals surface area contributed by atoms with Crippen molar-refractivity contribution in [2.75, 3.05) is 0 Å². The number of hydrogen-bond donors (Lipinski definition) is 2. The highest BCUT2D eigenvalue weighted by atomic mass is 19.4. The summed E-state index contributed by atoms with van der Waals surface area (Å²) < 4.78 is 48.7. The average Bonchev–Trinajstić information content (AvgIpc) is 3.20. The number of H-pyrrole nitrogens is 1. The van der Waals surface area contributed by atoms with Crippen molar-refractivity contribution in [2.45, 2.75) is 26.3 Å². The molecule has 0 saturated carbocycles. The molecule has 0 atom stereocenters. The lowest BCUT2D eigenvalue weighted by Crippen LogP contribution is -2.32. The number of nitrogens with one attached hydrogen (secondary N) is 2. The maximum absolute atomic E-state index is 12.6. The number of benzene rings is 1. The number of carbonyl (C=O) groups is 1. The molecule has 2 N–H and O–H groups in total. The zero-order valence-corrected chi connectivity index (χ0v) is 16.6. The summed E-state index contributed by atoms with van der Waals surface area (Å²) in [5, 5.41) is 7.36. The third-order valence-corrected chi connectivity index (χ3v) is 4.25. The fourth-order valence-electron chi connectivity index (χ4n) is 3.06. The van der Waals surface area contributed by atoms with E-state index in [4.69, 9.17) is 4.74 Å². The number of aromatic nitrogens is 5. The van der Waals surface area contributed by atoms with E-state index >= 15 is 0 Å². The first-order chi connectivity index (χ1) is 14.6. The molecule has 4 rings (SSSR count). The number of aryl methyl sites for hydroxylation is 1. The van der Waals surface area contributed by atoms with Gasteiger partial charge >= 0.3 is 12.5 Å². The van der Waals surface area contributed by atoms with E-state index in [1.807, 2.05) is 0 Å². The van der Waals surface area contributed by atoms with Gasteiger partial charge < -0.3 is 19.8 Å². The lowest BCUT2D eigenvalue weighted by molar-refractivity contribution is -0.274. The highest BCUT2D eigenvalue weighted by molar-refractivity contribution is 5.94. The minimum atomic E-state index is -4.82. The summed E-state index contributed by atoms with van der Waals surface area (Å²) in [5.41, 5.74) is 1.82. The van der Waals surface area contributed by atoms with Crippen LogP contribution in [0.15, 0.2) is 30.6 Å². The first kappa shape index (κ1) is 20.4. The molecule has 3 aromatic heterocycles. The number of amides is 1. The molecule has 0 saturated heterocycles. The van der Waals surface area contributed by atoms with E-state index in [2.05, 4.69) is 30.1 Å². The van der Waals surface area contributed by atoms with Gasteiger partial charge in [0, 0.05) is 24.7 Å². The lowest BCUT2D eigenvalue weighted by atomic mass is 10.1. The summed E-state index contributed by atoms with van der Waals surface area (Å²) in [7, 11) is 1.66. The molecule has 162 valence electrons. The van der Waals surface area contributed by atoms with Gasteiger partial charge in [-0.25, -0.2) is 14.8 Å². The minimum Gasteiger partial charge on any atom is -0.406 e. The molecule has 1 aromatic carbocycles. The largest absolute Gasteiger partial charge is 0.573 e. The molecule has 0 bridgehead atoms. The van der Waals surface area contributed by atoms with E-state index < -0.39 is 12.5 Å². The summed E-state index contributed by atoms with van der Waals surface area (Å²) in [6, 6.07) is 3.80. The molecule has 9 nitrogen and oxygen atoms in total. The summed E-state index contributed by atoms with van der Waals surface area (Å²) in [5.74, 6) is -0.219. The number of aromatic amines is 1. The zero-order chi connectivity index (χ0) is 22.3. The number of fused-ring (bicyclic) bond motifs is 2. The zero-order valence-electron chi connectivity index (χ0n) is 16.6. The van der Waals surface area contributed by atoms with Crippen LogP contribution >= 0.6 is 0 Å². The Morgan fingerprint density at radius 1 is 1.29 bits per heavy atom. The van der Waals surface area contributed by atoms with Gasteiger partial charge in [0.25, 0.3) is 0 Å². The second-order valence-electron chi connectivity index (χ2n) is 6.99. The maximum atomic E-state index is 12.6. The third-order valence-electron chi connectivity index (χ3n) is 4.25. The van der Waals surface area contributed by atoms with Crippen LogP contribution in [0.3, 0.4) is 0 Å². The Labute approximate surface area is 173 Å². The second-order valence-corrected chi connectivity index (χ2v) is 6.99. The number of halogens is 3. The van der Waals surface area contributed by atoms with Crippen LogP contribution in [0.5, 0.6) is 11.5 Å². The minimum absolute atomic E-state index is 0.118. The van der Waals surface area contributed by atoms with Crippen molar-refractivity contribution in [1.82, 2.24) is 30.0 Å². The Hall–Kier alpha value is -3.83. The van der Waals surface area contributed by atoms with E-state index in [0.717, 1.165) is 0 Å². The molecule has 0 unspecified atom stereocenters. The number of rotatable bonds is 4. The number of hydrogen-bond acceptors (Lipinski definition) is 6.